The minimum Gasteiger partial charge on any atom is -0.477 e. The smallest absolute Gasteiger partial charge is 0.346 e. The lowest BCUT2D eigenvalue weighted by molar-refractivity contribution is -0.132. The molecule has 1 N–H and O–H groups in total. The fourth-order valence-corrected chi connectivity index (χ4v) is 1.68. The van der Waals surface area contributed by atoms with E-state index in [4.69, 9.17) is 10.4 Å². The lowest BCUT2D eigenvalue weighted by Crippen LogP contribution is -2.21. The second-order valence-electron chi connectivity index (χ2n) is 3.74. The van der Waals surface area contributed by atoms with Crippen molar-refractivity contribution < 1.29 is 9.90 Å². The highest BCUT2D eigenvalue weighted by Gasteiger charge is 2.06. The van der Waals surface area contributed by atoms with Crippen LogP contribution in [0.25, 0.3) is 6.08 Å². The van der Waals surface area contributed by atoms with Crippen molar-refractivity contribution in [2.75, 3.05) is 18.0 Å². The maximum Gasteiger partial charge on any atom is 0.346 e. The molecule has 0 fully saturated rings. The number of nitrogens with zero attached hydrogens (tertiary/aromatic N) is 2. The Morgan fingerprint density at radius 2 is 1.89 bits per heavy atom. The van der Waals surface area contributed by atoms with Gasteiger partial charge in [-0.3, -0.25) is 0 Å². The zero-order chi connectivity index (χ0) is 13.5. The summed E-state index contributed by atoms with van der Waals surface area (Å²) in [4.78, 5) is 12.9. The van der Waals surface area contributed by atoms with Crippen LogP contribution in [0, 0.1) is 11.3 Å². The van der Waals surface area contributed by atoms with Crippen molar-refractivity contribution in [2.45, 2.75) is 13.8 Å². The molecule has 0 heterocycles. The molecule has 94 valence electrons. The number of hydrogen-bond donors (Lipinski definition) is 1. The summed E-state index contributed by atoms with van der Waals surface area (Å²) in [7, 11) is 0. The molecule has 0 aliphatic heterocycles. The van der Waals surface area contributed by atoms with E-state index in [1.807, 2.05) is 24.3 Å². The largest absolute Gasteiger partial charge is 0.477 e. The fraction of sp³-hybridized carbons (Fsp3) is 0.286. The molecule has 0 unspecified atom stereocenters. The van der Waals surface area contributed by atoms with Crippen molar-refractivity contribution >= 4 is 17.7 Å². The first-order valence-electron chi connectivity index (χ1n) is 5.82. The molecule has 1 aromatic carbocycles. The quantitative estimate of drug-likeness (QED) is 0.638. The highest BCUT2D eigenvalue weighted by atomic mass is 16.4. The third-order valence-electron chi connectivity index (χ3n) is 2.68. The van der Waals surface area contributed by atoms with Crippen LogP contribution in [0.5, 0.6) is 0 Å². The van der Waals surface area contributed by atoms with E-state index in [2.05, 4.69) is 18.7 Å². The molecular formula is C14H16N2O2. The standard InChI is InChI=1S/C14H16N2O2/c1-3-16(4-2)13-7-5-11(6-8-13)9-12(10-15)14(17)18/h5-9H,3-4H2,1-2H3,(H,17,18)/b12-9-. The van der Waals surface area contributed by atoms with E-state index >= 15 is 0 Å². The average Bonchev–Trinajstić information content (AvgIpc) is 2.38. The van der Waals surface area contributed by atoms with Gasteiger partial charge in [0.1, 0.15) is 11.6 Å². The van der Waals surface area contributed by atoms with Gasteiger partial charge >= 0.3 is 5.97 Å². The van der Waals surface area contributed by atoms with Crippen LogP contribution in [0.15, 0.2) is 29.8 Å². The average molecular weight is 244 g/mol. The SMILES string of the molecule is CCN(CC)c1ccc(/C=C(/C#N)C(=O)O)cc1. The van der Waals surface area contributed by atoms with Crippen LogP contribution >= 0.6 is 0 Å². The summed E-state index contributed by atoms with van der Waals surface area (Å²) in [6.07, 6.45) is 1.37. The maximum absolute atomic E-state index is 10.7. The van der Waals surface area contributed by atoms with Gasteiger partial charge in [-0.15, -0.1) is 0 Å². The van der Waals surface area contributed by atoms with Crippen LogP contribution in [0.2, 0.25) is 0 Å². The first-order chi connectivity index (χ1) is 8.62. The Kier molecular flexibility index (Phi) is 4.94. The summed E-state index contributed by atoms with van der Waals surface area (Å²) in [6.45, 7) is 6.00. The fourth-order valence-electron chi connectivity index (χ4n) is 1.68. The van der Waals surface area contributed by atoms with E-state index in [1.54, 1.807) is 6.07 Å². The van der Waals surface area contributed by atoms with Crippen LogP contribution in [0.1, 0.15) is 19.4 Å². The minimum atomic E-state index is -1.20. The lowest BCUT2D eigenvalue weighted by Gasteiger charge is -2.20. The first-order valence-corrected chi connectivity index (χ1v) is 5.82. The predicted octanol–water partition coefficient (Wildman–Crippen LogP) is 2.52. The lowest BCUT2D eigenvalue weighted by atomic mass is 10.1. The van der Waals surface area contributed by atoms with E-state index in [1.165, 1.54) is 6.08 Å². The van der Waals surface area contributed by atoms with Gasteiger partial charge < -0.3 is 10.0 Å². The molecule has 0 saturated heterocycles. The molecule has 4 heteroatoms. The van der Waals surface area contributed by atoms with Crippen LogP contribution in [-0.4, -0.2) is 24.2 Å². The Bertz CT molecular complexity index is 480. The molecular weight excluding hydrogens is 228 g/mol. The Balaban J connectivity index is 2.97. The number of carboxylic acid groups (broad SMARTS) is 1. The van der Waals surface area contributed by atoms with Crippen molar-refractivity contribution in [3.05, 3.63) is 35.4 Å². The number of anilines is 1. The third-order valence-corrected chi connectivity index (χ3v) is 2.68. The Hall–Kier alpha value is -2.28. The molecule has 0 radical (unpaired) electrons. The maximum atomic E-state index is 10.7. The summed E-state index contributed by atoms with van der Waals surface area (Å²) in [5.74, 6) is -1.20. The summed E-state index contributed by atoms with van der Waals surface area (Å²) in [5, 5.41) is 17.4. The molecule has 0 saturated carbocycles. The monoisotopic (exact) mass is 244 g/mol. The van der Waals surface area contributed by atoms with Crippen molar-refractivity contribution in [2.24, 2.45) is 0 Å². The second-order valence-corrected chi connectivity index (χ2v) is 3.74. The van der Waals surface area contributed by atoms with Crippen molar-refractivity contribution in [3.8, 4) is 6.07 Å². The number of benzene rings is 1. The van der Waals surface area contributed by atoms with Crippen LogP contribution < -0.4 is 4.90 Å². The van der Waals surface area contributed by atoms with Crippen molar-refractivity contribution in [3.63, 3.8) is 0 Å². The van der Waals surface area contributed by atoms with E-state index in [-0.39, 0.29) is 5.57 Å². The molecule has 0 aliphatic carbocycles. The van der Waals surface area contributed by atoms with Gasteiger partial charge in [-0.2, -0.15) is 5.26 Å². The number of carbonyl (C=O) groups is 1. The van der Waals surface area contributed by atoms with Gasteiger partial charge in [0, 0.05) is 18.8 Å². The topological polar surface area (TPSA) is 64.3 Å². The van der Waals surface area contributed by atoms with Gasteiger partial charge in [0.25, 0.3) is 0 Å². The molecule has 18 heavy (non-hydrogen) atoms. The molecule has 0 aliphatic rings. The Morgan fingerprint density at radius 1 is 1.33 bits per heavy atom. The molecule has 1 aromatic rings. The summed E-state index contributed by atoms with van der Waals surface area (Å²) in [5.41, 5.74) is 1.54. The highest BCUT2D eigenvalue weighted by molar-refractivity contribution is 5.96. The number of hydrogen-bond acceptors (Lipinski definition) is 3. The van der Waals surface area contributed by atoms with Gasteiger partial charge in [-0.25, -0.2) is 4.79 Å². The molecule has 0 spiro atoms. The third kappa shape index (κ3) is 3.36. The Labute approximate surface area is 107 Å². The highest BCUT2D eigenvalue weighted by Crippen LogP contribution is 2.16. The molecule has 0 bridgehead atoms. The van der Waals surface area contributed by atoms with E-state index < -0.39 is 5.97 Å². The normalized spacial score (nSPS) is 10.8. The van der Waals surface area contributed by atoms with Gasteiger partial charge in [-0.1, -0.05) is 12.1 Å². The summed E-state index contributed by atoms with van der Waals surface area (Å²) in [6, 6.07) is 9.14. The zero-order valence-electron chi connectivity index (χ0n) is 10.6. The number of nitriles is 1. The van der Waals surface area contributed by atoms with Gasteiger partial charge in [0.15, 0.2) is 0 Å². The predicted molar refractivity (Wildman–Crippen MR) is 71.2 cm³/mol. The van der Waals surface area contributed by atoms with Crippen LogP contribution in [0.3, 0.4) is 0 Å². The molecule has 4 nitrogen and oxygen atoms in total. The van der Waals surface area contributed by atoms with Gasteiger partial charge in [0.2, 0.25) is 0 Å². The van der Waals surface area contributed by atoms with E-state index in [9.17, 15) is 4.79 Å². The van der Waals surface area contributed by atoms with Crippen molar-refractivity contribution in [1.82, 2.24) is 0 Å². The van der Waals surface area contributed by atoms with E-state index in [0.29, 0.717) is 5.56 Å². The van der Waals surface area contributed by atoms with Crippen LogP contribution in [-0.2, 0) is 4.79 Å². The van der Waals surface area contributed by atoms with Crippen LogP contribution in [0.4, 0.5) is 5.69 Å². The van der Waals surface area contributed by atoms with Crippen molar-refractivity contribution in [1.29, 1.82) is 5.26 Å². The zero-order valence-corrected chi connectivity index (χ0v) is 10.6. The molecule has 0 atom stereocenters. The number of rotatable bonds is 5. The Morgan fingerprint density at radius 3 is 2.28 bits per heavy atom. The van der Waals surface area contributed by atoms with Gasteiger partial charge in [-0.05, 0) is 37.6 Å². The van der Waals surface area contributed by atoms with Gasteiger partial charge in [0.05, 0.1) is 0 Å². The minimum absolute atomic E-state index is 0.259. The first kappa shape index (κ1) is 13.8. The molecule has 1 rings (SSSR count). The summed E-state index contributed by atoms with van der Waals surface area (Å²) >= 11 is 0. The number of aliphatic carboxylic acids is 1. The molecule has 0 aromatic heterocycles. The second kappa shape index (κ2) is 6.45. The van der Waals surface area contributed by atoms with E-state index in [0.717, 1.165) is 18.8 Å². The summed E-state index contributed by atoms with van der Waals surface area (Å²) < 4.78 is 0. The molecule has 0 amide bonds. The number of carboxylic acids is 1.